The van der Waals surface area contributed by atoms with Gasteiger partial charge in [0.2, 0.25) is 0 Å². The molecule has 0 radical (unpaired) electrons. The molecule has 1 saturated heterocycles. The molecule has 0 spiro atoms. The van der Waals surface area contributed by atoms with Crippen molar-refractivity contribution in [3.05, 3.63) is 24.7 Å². The highest BCUT2D eigenvalue weighted by Gasteiger charge is 2.12. The smallest absolute Gasteiger partial charge is 0.132 e. The van der Waals surface area contributed by atoms with E-state index >= 15 is 0 Å². The Morgan fingerprint density at radius 2 is 2.14 bits per heavy atom. The van der Waals surface area contributed by atoms with Gasteiger partial charge in [-0.15, -0.1) is 0 Å². The van der Waals surface area contributed by atoms with Crippen molar-refractivity contribution in [2.45, 2.75) is 0 Å². The lowest BCUT2D eigenvalue weighted by atomic mass is 10.3. The lowest BCUT2D eigenvalue weighted by molar-refractivity contribution is 0.122. The van der Waals surface area contributed by atoms with Gasteiger partial charge in [-0.3, -0.25) is 0 Å². The molecule has 0 N–H and O–H groups in total. The number of nitrogens with zero attached hydrogens (tertiary/aromatic N) is 3. The van der Waals surface area contributed by atoms with Crippen LogP contribution in [0.15, 0.2) is 19.0 Å². The van der Waals surface area contributed by atoms with Gasteiger partial charge >= 0.3 is 0 Å². The fourth-order valence-corrected chi connectivity index (χ4v) is 1.44. The molecule has 0 unspecified atom stereocenters. The first-order valence-corrected chi connectivity index (χ1v) is 4.67. The Labute approximate surface area is 83.2 Å². The van der Waals surface area contributed by atoms with E-state index in [0.29, 0.717) is 0 Å². The van der Waals surface area contributed by atoms with Crippen molar-refractivity contribution in [3.8, 4) is 0 Å². The molecule has 0 atom stereocenters. The summed E-state index contributed by atoms with van der Waals surface area (Å²) in [7, 11) is 0. The monoisotopic (exact) mass is 191 g/mol. The molecule has 14 heavy (non-hydrogen) atoms. The molecule has 1 fully saturated rings. The van der Waals surface area contributed by atoms with Crippen LogP contribution >= 0.6 is 0 Å². The van der Waals surface area contributed by atoms with Crippen LogP contribution in [0.3, 0.4) is 0 Å². The lowest BCUT2D eigenvalue weighted by Gasteiger charge is -2.27. The van der Waals surface area contributed by atoms with Crippen molar-refractivity contribution < 1.29 is 4.74 Å². The molecule has 1 aliphatic heterocycles. The maximum atomic E-state index is 5.27. The number of hydrogen-bond donors (Lipinski definition) is 0. The zero-order valence-electron chi connectivity index (χ0n) is 8.02. The highest BCUT2D eigenvalue weighted by atomic mass is 16.5. The standard InChI is InChI=1S/C10H13N3O/c1-2-9-7-10(12-8-11-9)13-3-5-14-6-4-13/h2,7-8H,1,3-6H2. The second-order valence-electron chi connectivity index (χ2n) is 3.10. The summed E-state index contributed by atoms with van der Waals surface area (Å²) < 4.78 is 5.27. The quantitative estimate of drug-likeness (QED) is 0.697. The summed E-state index contributed by atoms with van der Waals surface area (Å²) in [6.07, 6.45) is 3.30. The molecule has 1 aromatic heterocycles. The molecular weight excluding hydrogens is 178 g/mol. The predicted octanol–water partition coefficient (Wildman–Crippen LogP) is 0.956. The summed E-state index contributed by atoms with van der Waals surface area (Å²) in [6, 6.07) is 1.94. The summed E-state index contributed by atoms with van der Waals surface area (Å²) in [6.45, 7) is 7.02. The van der Waals surface area contributed by atoms with Gasteiger partial charge < -0.3 is 9.64 Å². The number of rotatable bonds is 2. The molecule has 0 saturated carbocycles. The summed E-state index contributed by atoms with van der Waals surface area (Å²) in [5.74, 6) is 0.957. The maximum absolute atomic E-state index is 5.27. The normalized spacial score (nSPS) is 16.7. The zero-order chi connectivity index (χ0) is 9.80. The molecule has 0 aromatic carbocycles. The Morgan fingerprint density at radius 1 is 1.36 bits per heavy atom. The van der Waals surface area contributed by atoms with E-state index in [0.717, 1.165) is 37.8 Å². The summed E-state index contributed by atoms with van der Waals surface area (Å²) >= 11 is 0. The molecule has 0 aliphatic carbocycles. The van der Waals surface area contributed by atoms with E-state index in [1.807, 2.05) is 6.07 Å². The van der Waals surface area contributed by atoms with E-state index in [-0.39, 0.29) is 0 Å². The van der Waals surface area contributed by atoms with Gasteiger partial charge in [-0.05, 0) is 6.08 Å². The third-order valence-corrected chi connectivity index (χ3v) is 2.22. The largest absolute Gasteiger partial charge is 0.378 e. The van der Waals surface area contributed by atoms with Crippen LogP contribution in [0, 0.1) is 0 Å². The van der Waals surface area contributed by atoms with Gasteiger partial charge in [-0.25, -0.2) is 9.97 Å². The predicted molar refractivity (Wildman–Crippen MR) is 55.2 cm³/mol. The molecule has 0 amide bonds. The highest BCUT2D eigenvalue weighted by molar-refractivity contribution is 5.49. The topological polar surface area (TPSA) is 38.2 Å². The van der Waals surface area contributed by atoms with Gasteiger partial charge in [0.05, 0.1) is 18.9 Å². The van der Waals surface area contributed by atoms with Crippen LogP contribution in [-0.4, -0.2) is 36.3 Å². The average Bonchev–Trinajstić information content (AvgIpc) is 2.30. The van der Waals surface area contributed by atoms with E-state index in [4.69, 9.17) is 4.74 Å². The number of anilines is 1. The molecule has 2 rings (SSSR count). The molecule has 4 heteroatoms. The van der Waals surface area contributed by atoms with E-state index < -0.39 is 0 Å². The highest BCUT2D eigenvalue weighted by Crippen LogP contribution is 2.12. The Bertz CT molecular complexity index is 321. The van der Waals surface area contributed by atoms with E-state index in [9.17, 15) is 0 Å². The minimum atomic E-state index is 0.771. The summed E-state index contributed by atoms with van der Waals surface area (Å²) in [5.41, 5.74) is 0.862. The Balaban J connectivity index is 2.17. The second kappa shape index (κ2) is 4.19. The van der Waals surface area contributed by atoms with E-state index in [1.165, 1.54) is 0 Å². The van der Waals surface area contributed by atoms with Crippen molar-refractivity contribution in [2.75, 3.05) is 31.2 Å². The van der Waals surface area contributed by atoms with Gasteiger partial charge in [0, 0.05) is 19.2 Å². The van der Waals surface area contributed by atoms with Gasteiger partial charge in [0.15, 0.2) is 0 Å². The first kappa shape index (κ1) is 9.15. The van der Waals surface area contributed by atoms with E-state index in [2.05, 4.69) is 21.4 Å². The van der Waals surface area contributed by atoms with Gasteiger partial charge in [0.1, 0.15) is 12.1 Å². The second-order valence-corrected chi connectivity index (χ2v) is 3.10. The average molecular weight is 191 g/mol. The van der Waals surface area contributed by atoms with Crippen LogP contribution in [0.1, 0.15) is 5.69 Å². The number of ether oxygens (including phenoxy) is 1. The van der Waals surface area contributed by atoms with Crippen LogP contribution < -0.4 is 4.90 Å². The van der Waals surface area contributed by atoms with Crippen molar-refractivity contribution in [1.82, 2.24) is 9.97 Å². The summed E-state index contributed by atoms with van der Waals surface area (Å²) in [5, 5.41) is 0. The molecule has 1 aromatic rings. The number of hydrogen-bond acceptors (Lipinski definition) is 4. The van der Waals surface area contributed by atoms with E-state index in [1.54, 1.807) is 12.4 Å². The fraction of sp³-hybridized carbons (Fsp3) is 0.400. The van der Waals surface area contributed by atoms with Crippen molar-refractivity contribution in [1.29, 1.82) is 0 Å². The van der Waals surface area contributed by atoms with Gasteiger partial charge in [-0.2, -0.15) is 0 Å². The number of morpholine rings is 1. The fourth-order valence-electron chi connectivity index (χ4n) is 1.44. The first-order chi connectivity index (χ1) is 6.90. The van der Waals surface area contributed by atoms with Crippen LogP contribution in [0.5, 0.6) is 0 Å². The third-order valence-electron chi connectivity index (χ3n) is 2.22. The van der Waals surface area contributed by atoms with Crippen LogP contribution in [0.25, 0.3) is 6.08 Å². The minimum Gasteiger partial charge on any atom is -0.378 e. The Hall–Kier alpha value is -1.42. The SMILES string of the molecule is C=Cc1cc(N2CCOCC2)ncn1. The molecular formula is C10H13N3O. The van der Waals surface area contributed by atoms with Gasteiger partial charge in [-0.1, -0.05) is 6.58 Å². The Kier molecular flexibility index (Phi) is 2.74. The molecule has 1 aliphatic rings. The molecule has 74 valence electrons. The van der Waals surface area contributed by atoms with Crippen molar-refractivity contribution in [2.24, 2.45) is 0 Å². The first-order valence-electron chi connectivity index (χ1n) is 4.67. The lowest BCUT2D eigenvalue weighted by Crippen LogP contribution is -2.36. The van der Waals surface area contributed by atoms with Gasteiger partial charge in [0.25, 0.3) is 0 Å². The van der Waals surface area contributed by atoms with Crippen molar-refractivity contribution >= 4 is 11.9 Å². The molecule has 0 bridgehead atoms. The maximum Gasteiger partial charge on any atom is 0.132 e. The zero-order valence-corrected chi connectivity index (χ0v) is 8.02. The van der Waals surface area contributed by atoms with Crippen molar-refractivity contribution in [3.63, 3.8) is 0 Å². The molecule has 2 heterocycles. The third kappa shape index (κ3) is 1.90. The van der Waals surface area contributed by atoms with Crippen LogP contribution in [-0.2, 0) is 4.74 Å². The minimum absolute atomic E-state index is 0.771. The van der Waals surface area contributed by atoms with Crippen LogP contribution in [0.4, 0.5) is 5.82 Å². The van der Waals surface area contributed by atoms with Crippen LogP contribution in [0.2, 0.25) is 0 Å². The number of aromatic nitrogens is 2. The molecule has 4 nitrogen and oxygen atoms in total. The Morgan fingerprint density at radius 3 is 2.86 bits per heavy atom. The summed E-state index contributed by atoms with van der Waals surface area (Å²) in [4.78, 5) is 10.5.